The van der Waals surface area contributed by atoms with Crippen molar-refractivity contribution in [3.63, 3.8) is 0 Å². The Bertz CT molecular complexity index is 1870. The van der Waals surface area contributed by atoms with E-state index in [2.05, 4.69) is 20.6 Å². The number of fused-ring (bicyclic) bond motifs is 4. The minimum Gasteiger partial charge on any atom is -0.493 e. The molecule has 15 heteroatoms. The van der Waals surface area contributed by atoms with Crippen LogP contribution in [0.5, 0.6) is 23.0 Å². The lowest BCUT2D eigenvalue weighted by atomic mass is 10.1. The second-order valence-electron chi connectivity index (χ2n) is 13.6. The number of rotatable bonds is 14. The van der Waals surface area contributed by atoms with Crippen molar-refractivity contribution in [1.29, 1.82) is 0 Å². The third-order valence-corrected chi connectivity index (χ3v) is 10.2. The maximum Gasteiger partial charge on any atom is 0.267 e. The highest BCUT2D eigenvalue weighted by Crippen LogP contribution is 2.39. The van der Waals surface area contributed by atoms with Crippen molar-refractivity contribution in [3.8, 4) is 23.0 Å². The molecule has 284 valence electrons. The zero-order chi connectivity index (χ0) is 37.8. The fourth-order valence-electron chi connectivity index (χ4n) is 7.30. The predicted molar refractivity (Wildman–Crippen MR) is 201 cm³/mol. The second-order valence-corrected chi connectivity index (χ2v) is 13.6. The number of nitrogens with one attached hydrogen (secondary N) is 2. The van der Waals surface area contributed by atoms with Gasteiger partial charge in [0.25, 0.3) is 23.6 Å². The number of aliphatic imine (C=N–C) groups is 2. The quantitative estimate of drug-likeness (QED) is 0.234. The summed E-state index contributed by atoms with van der Waals surface area (Å²) in [5, 5.41) is 5.76. The summed E-state index contributed by atoms with van der Waals surface area (Å²) in [6.45, 7) is 2.68. The van der Waals surface area contributed by atoms with Crippen molar-refractivity contribution in [2.24, 2.45) is 17.0 Å². The molecule has 0 bridgehead atoms. The molecule has 4 aliphatic heterocycles. The summed E-state index contributed by atoms with van der Waals surface area (Å²) in [6, 6.07) is 10.1. The maximum atomic E-state index is 13.1. The van der Waals surface area contributed by atoms with Crippen LogP contribution in [0.2, 0.25) is 0 Å². The fraction of sp³-hybridized carbons (Fsp3) is 0.436. The zero-order valence-corrected chi connectivity index (χ0v) is 30.8. The van der Waals surface area contributed by atoms with Crippen LogP contribution in [-0.4, -0.2) is 116 Å². The lowest BCUT2D eigenvalue weighted by molar-refractivity contribution is 0.0766. The Morgan fingerprint density at radius 2 is 1.15 bits per heavy atom. The van der Waals surface area contributed by atoms with Gasteiger partial charge in [0.2, 0.25) is 0 Å². The summed E-state index contributed by atoms with van der Waals surface area (Å²) in [5.74, 6) is 1.09. The van der Waals surface area contributed by atoms with Gasteiger partial charge in [0.05, 0.1) is 62.0 Å². The first-order chi connectivity index (χ1) is 26.3. The Morgan fingerprint density at radius 3 is 1.57 bits per heavy atom. The van der Waals surface area contributed by atoms with Gasteiger partial charge in [0, 0.05) is 57.8 Å². The van der Waals surface area contributed by atoms with Crippen LogP contribution < -0.4 is 29.6 Å². The van der Waals surface area contributed by atoms with E-state index in [0.29, 0.717) is 109 Å². The molecule has 2 atom stereocenters. The Labute approximate surface area is 313 Å². The molecule has 2 N–H and O–H groups in total. The second kappa shape index (κ2) is 16.0. The maximum absolute atomic E-state index is 13.1. The highest BCUT2D eigenvalue weighted by atomic mass is 16.5. The van der Waals surface area contributed by atoms with Gasteiger partial charge >= 0.3 is 0 Å². The normalized spacial score (nSPS) is 18.3. The number of amides is 4. The molecule has 0 saturated carbocycles. The van der Waals surface area contributed by atoms with Gasteiger partial charge in [-0.1, -0.05) is 0 Å². The van der Waals surface area contributed by atoms with E-state index in [4.69, 9.17) is 18.9 Å². The highest BCUT2D eigenvalue weighted by molar-refractivity contribution is 6.04. The van der Waals surface area contributed by atoms with Gasteiger partial charge in [-0.25, -0.2) is 0 Å². The number of hydrogen-bond acceptors (Lipinski definition) is 10. The van der Waals surface area contributed by atoms with Crippen LogP contribution in [0.25, 0.3) is 0 Å². The number of methoxy groups -OCH3 is 2. The molecule has 0 spiro atoms. The molecule has 15 nitrogen and oxygen atoms in total. The zero-order valence-electron chi connectivity index (χ0n) is 30.8. The summed E-state index contributed by atoms with van der Waals surface area (Å²) in [7, 11) is 4.72. The molecule has 2 aromatic carbocycles. The summed E-state index contributed by atoms with van der Waals surface area (Å²) >= 11 is 0. The van der Waals surface area contributed by atoms with Crippen LogP contribution in [0.3, 0.4) is 0 Å². The first-order valence-electron chi connectivity index (χ1n) is 18.4. The summed E-state index contributed by atoms with van der Waals surface area (Å²) in [6.07, 6.45) is 8.39. The van der Waals surface area contributed by atoms with Gasteiger partial charge in [0.1, 0.15) is 11.4 Å². The molecule has 4 aliphatic rings. The smallest absolute Gasteiger partial charge is 0.267 e. The molecule has 1 aromatic heterocycles. The molecule has 2 fully saturated rings. The van der Waals surface area contributed by atoms with Crippen molar-refractivity contribution in [1.82, 2.24) is 25.0 Å². The standard InChI is InChI=1S/C39H45N7O8/c1-44-30(36(47)40-12-6-16-53-34-20-28-26(18-32(34)51-2)38(49)45-14-4-8-24(45)22-42-28)10-11-31(44)37(48)41-13-7-17-54-35-21-29-27(19-33(35)52-3)39(50)46-15-5-9-25(46)23-43-29/h10-11,18-25H,4-9,12-17H2,1-3H3,(H,40,47)(H,41,48)/t24-,25?/m0/s1. The van der Waals surface area contributed by atoms with Crippen molar-refractivity contribution in [2.45, 2.75) is 50.6 Å². The van der Waals surface area contributed by atoms with Crippen molar-refractivity contribution >= 4 is 47.4 Å². The van der Waals surface area contributed by atoms with E-state index >= 15 is 0 Å². The van der Waals surface area contributed by atoms with E-state index in [0.717, 1.165) is 25.7 Å². The Hall–Kier alpha value is -5.86. The van der Waals surface area contributed by atoms with Gasteiger partial charge in [-0.15, -0.1) is 0 Å². The Balaban J connectivity index is 0.852. The number of carbonyl (C=O) groups is 4. The molecule has 0 radical (unpaired) electrons. The molecular weight excluding hydrogens is 694 g/mol. The molecule has 54 heavy (non-hydrogen) atoms. The van der Waals surface area contributed by atoms with Crippen LogP contribution in [0, 0.1) is 0 Å². The van der Waals surface area contributed by atoms with Crippen molar-refractivity contribution < 1.29 is 38.1 Å². The van der Waals surface area contributed by atoms with Crippen molar-refractivity contribution in [2.75, 3.05) is 53.6 Å². The van der Waals surface area contributed by atoms with E-state index in [1.54, 1.807) is 48.0 Å². The molecule has 5 heterocycles. The molecule has 7 rings (SSSR count). The number of hydrogen-bond donors (Lipinski definition) is 2. The Morgan fingerprint density at radius 1 is 0.704 bits per heavy atom. The molecule has 1 unspecified atom stereocenters. The van der Waals surface area contributed by atoms with Gasteiger partial charge in [-0.3, -0.25) is 29.2 Å². The molecule has 4 amide bonds. The van der Waals surface area contributed by atoms with E-state index < -0.39 is 0 Å². The molecule has 3 aromatic rings. The average molecular weight is 740 g/mol. The summed E-state index contributed by atoms with van der Waals surface area (Å²) < 4.78 is 24.5. The van der Waals surface area contributed by atoms with E-state index in [1.807, 2.05) is 22.2 Å². The number of carbonyl (C=O) groups excluding carboxylic acids is 4. The van der Waals surface area contributed by atoms with E-state index in [-0.39, 0.29) is 35.7 Å². The molecular formula is C39H45N7O8. The fourth-order valence-corrected chi connectivity index (χ4v) is 7.30. The molecule has 0 aliphatic carbocycles. The Kier molecular flexibility index (Phi) is 10.8. The minimum absolute atomic E-state index is 0.0102. The third kappa shape index (κ3) is 7.34. The lowest BCUT2D eigenvalue weighted by Gasteiger charge is -2.20. The van der Waals surface area contributed by atoms with Crippen LogP contribution in [0.15, 0.2) is 46.4 Å². The van der Waals surface area contributed by atoms with E-state index in [1.165, 1.54) is 14.2 Å². The predicted octanol–water partition coefficient (Wildman–Crippen LogP) is 4.08. The average Bonchev–Trinajstić information content (AvgIpc) is 3.92. The SMILES string of the molecule is COc1cc2c(cc1OCCCNC(=O)c1ccc(C(=O)NCCCOc3cc4c(cc3OC)C(=O)N3CCC[C@H]3C=N4)n1C)N=CC1CCCN1C2=O. The third-order valence-electron chi connectivity index (χ3n) is 10.2. The number of ether oxygens (including phenoxy) is 4. The topological polar surface area (TPSA) is 165 Å². The van der Waals surface area contributed by atoms with Gasteiger partial charge in [0.15, 0.2) is 23.0 Å². The first kappa shape index (κ1) is 36.5. The largest absolute Gasteiger partial charge is 0.493 e. The lowest BCUT2D eigenvalue weighted by Crippen LogP contribution is -2.35. The number of benzene rings is 2. The number of nitrogens with zero attached hydrogens (tertiary/aromatic N) is 5. The molecule has 2 saturated heterocycles. The van der Waals surface area contributed by atoms with E-state index in [9.17, 15) is 19.2 Å². The van der Waals surface area contributed by atoms with Crippen LogP contribution >= 0.6 is 0 Å². The van der Waals surface area contributed by atoms with Crippen LogP contribution in [0.1, 0.15) is 80.2 Å². The van der Waals surface area contributed by atoms with Crippen LogP contribution in [-0.2, 0) is 7.05 Å². The van der Waals surface area contributed by atoms with Gasteiger partial charge in [-0.2, -0.15) is 0 Å². The van der Waals surface area contributed by atoms with Crippen molar-refractivity contribution in [3.05, 3.63) is 58.9 Å². The summed E-state index contributed by atoms with van der Waals surface area (Å²) in [5.41, 5.74) is 2.77. The summed E-state index contributed by atoms with van der Waals surface area (Å²) in [4.78, 5) is 65.0. The monoisotopic (exact) mass is 739 g/mol. The minimum atomic E-state index is -0.318. The van der Waals surface area contributed by atoms with Gasteiger partial charge < -0.3 is 43.9 Å². The highest BCUT2D eigenvalue weighted by Gasteiger charge is 2.34. The van der Waals surface area contributed by atoms with Gasteiger partial charge in [-0.05, 0) is 62.8 Å². The van der Waals surface area contributed by atoms with Crippen LogP contribution in [0.4, 0.5) is 11.4 Å². The first-order valence-corrected chi connectivity index (χ1v) is 18.4. The number of aromatic nitrogens is 1.